The van der Waals surface area contributed by atoms with Gasteiger partial charge in [-0.15, -0.1) is 0 Å². The van der Waals surface area contributed by atoms with Gasteiger partial charge < -0.3 is 11.1 Å². The van der Waals surface area contributed by atoms with Crippen LogP contribution in [0.5, 0.6) is 0 Å². The summed E-state index contributed by atoms with van der Waals surface area (Å²) in [6, 6.07) is 17.9. The second kappa shape index (κ2) is 8.10. The molecule has 0 bridgehead atoms. The third-order valence-corrected chi connectivity index (χ3v) is 3.08. The zero-order valence-electron chi connectivity index (χ0n) is 12.8. The predicted molar refractivity (Wildman–Crippen MR) is 92.6 cm³/mol. The lowest BCUT2D eigenvalue weighted by Gasteiger charge is -2.07. The molecule has 0 heterocycles. The standard InChI is InChI=1S/C17H16N6O/c18-10-15(16(19)20)23-22-14-8-4-7-13(9-14)17(24)21-11-12-5-2-1-3-6-12/h1-9,22H,11H2,(H3,19,20)(H,21,24)/b23-15+. The van der Waals surface area contributed by atoms with Gasteiger partial charge in [0.05, 0.1) is 5.69 Å². The Labute approximate surface area is 139 Å². The average molecular weight is 320 g/mol. The van der Waals surface area contributed by atoms with E-state index in [0.717, 1.165) is 5.56 Å². The van der Waals surface area contributed by atoms with E-state index < -0.39 is 5.84 Å². The molecule has 5 N–H and O–H groups in total. The summed E-state index contributed by atoms with van der Waals surface area (Å²) in [5.41, 5.74) is 9.56. The van der Waals surface area contributed by atoms with Gasteiger partial charge in [-0.05, 0) is 23.8 Å². The summed E-state index contributed by atoms with van der Waals surface area (Å²) in [6.45, 7) is 0.429. The number of nitrogens with two attached hydrogens (primary N) is 1. The smallest absolute Gasteiger partial charge is 0.251 e. The molecule has 0 radical (unpaired) electrons. The Morgan fingerprint density at radius 3 is 2.62 bits per heavy atom. The molecule has 24 heavy (non-hydrogen) atoms. The van der Waals surface area contributed by atoms with Gasteiger partial charge in [-0.2, -0.15) is 10.4 Å². The summed E-state index contributed by atoms with van der Waals surface area (Å²) in [5.74, 6) is -0.652. The molecular weight excluding hydrogens is 304 g/mol. The Morgan fingerprint density at radius 1 is 1.21 bits per heavy atom. The minimum Gasteiger partial charge on any atom is -0.382 e. The number of nitrogens with one attached hydrogen (secondary N) is 3. The van der Waals surface area contributed by atoms with Gasteiger partial charge in [0.2, 0.25) is 5.71 Å². The zero-order valence-corrected chi connectivity index (χ0v) is 12.8. The number of rotatable bonds is 6. The number of anilines is 1. The van der Waals surface area contributed by atoms with Gasteiger partial charge in [0, 0.05) is 12.1 Å². The van der Waals surface area contributed by atoms with Crippen LogP contribution in [0.3, 0.4) is 0 Å². The second-order valence-corrected chi connectivity index (χ2v) is 4.85. The average Bonchev–Trinajstić information content (AvgIpc) is 2.61. The van der Waals surface area contributed by atoms with E-state index in [2.05, 4.69) is 15.8 Å². The third-order valence-electron chi connectivity index (χ3n) is 3.08. The van der Waals surface area contributed by atoms with Crippen molar-refractivity contribution >= 4 is 23.1 Å². The van der Waals surface area contributed by atoms with Crippen LogP contribution in [-0.2, 0) is 6.54 Å². The topological polar surface area (TPSA) is 127 Å². The fourth-order valence-corrected chi connectivity index (χ4v) is 1.88. The highest BCUT2D eigenvalue weighted by molar-refractivity contribution is 6.45. The highest BCUT2D eigenvalue weighted by Gasteiger charge is 2.06. The number of hydrogen-bond acceptors (Lipinski definition) is 5. The summed E-state index contributed by atoms with van der Waals surface area (Å²) in [6.07, 6.45) is 0. The van der Waals surface area contributed by atoms with Gasteiger partial charge in [0.1, 0.15) is 6.07 Å². The Kier molecular flexibility index (Phi) is 5.64. The van der Waals surface area contributed by atoms with Gasteiger partial charge in [-0.1, -0.05) is 36.4 Å². The quantitative estimate of drug-likeness (QED) is 0.368. The number of carbonyl (C=O) groups excluding carboxylic acids is 1. The Balaban J connectivity index is 2.03. The lowest BCUT2D eigenvalue weighted by atomic mass is 10.1. The van der Waals surface area contributed by atoms with Crippen molar-refractivity contribution in [1.29, 1.82) is 10.7 Å². The molecule has 0 aliphatic rings. The Morgan fingerprint density at radius 2 is 1.96 bits per heavy atom. The van der Waals surface area contributed by atoms with Crippen LogP contribution in [0.2, 0.25) is 0 Å². The van der Waals surface area contributed by atoms with Crippen molar-refractivity contribution in [3.05, 3.63) is 65.7 Å². The Hall–Kier alpha value is -3.66. The van der Waals surface area contributed by atoms with Crippen molar-refractivity contribution in [3.63, 3.8) is 0 Å². The number of benzene rings is 2. The van der Waals surface area contributed by atoms with Crippen LogP contribution in [0.1, 0.15) is 15.9 Å². The van der Waals surface area contributed by atoms with E-state index >= 15 is 0 Å². The van der Waals surface area contributed by atoms with E-state index in [4.69, 9.17) is 16.4 Å². The van der Waals surface area contributed by atoms with Crippen molar-refractivity contribution in [3.8, 4) is 6.07 Å². The van der Waals surface area contributed by atoms with Crippen LogP contribution < -0.4 is 16.5 Å². The van der Waals surface area contributed by atoms with Crippen LogP contribution in [-0.4, -0.2) is 17.5 Å². The van der Waals surface area contributed by atoms with Crippen LogP contribution in [0.25, 0.3) is 0 Å². The van der Waals surface area contributed by atoms with Crippen molar-refractivity contribution in [1.82, 2.24) is 5.32 Å². The molecule has 0 unspecified atom stereocenters. The van der Waals surface area contributed by atoms with Crippen LogP contribution >= 0.6 is 0 Å². The number of amidine groups is 1. The summed E-state index contributed by atoms with van der Waals surface area (Å²) in [4.78, 5) is 12.2. The molecule has 0 aliphatic carbocycles. The van der Waals surface area contributed by atoms with Crippen molar-refractivity contribution < 1.29 is 4.79 Å². The number of carbonyl (C=O) groups is 1. The van der Waals surface area contributed by atoms with Gasteiger partial charge in [0.25, 0.3) is 5.91 Å². The van der Waals surface area contributed by atoms with E-state index in [1.807, 2.05) is 30.3 Å². The number of hydrogen-bond donors (Lipinski definition) is 4. The first-order valence-corrected chi connectivity index (χ1v) is 7.10. The highest BCUT2D eigenvalue weighted by atomic mass is 16.1. The lowest BCUT2D eigenvalue weighted by Crippen LogP contribution is -2.23. The summed E-state index contributed by atoms with van der Waals surface area (Å²) >= 11 is 0. The number of nitrogens with zero attached hydrogens (tertiary/aromatic N) is 2. The molecule has 120 valence electrons. The first-order chi connectivity index (χ1) is 11.6. The molecular formula is C17H16N6O. The molecule has 0 spiro atoms. The first-order valence-electron chi connectivity index (χ1n) is 7.10. The number of amides is 1. The third kappa shape index (κ3) is 4.68. The van der Waals surface area contributed by atoms with Crippen LogP contribution in [0.4, 0.5) is 5.69 Å². The summed E-state index contributed by atoms with van der Waals surface area (Å²) in [5, 5.41) is 22.5. The Bertz CT molecular complexity index is 807. The maximum absolute atomic E-state index is 12.2. The molecule has 7 heteroatoms. The zero-order chi connectivity index (χ0) is 17.4. The molecule has 0 atom stereocenters. The molecule has 2 rings (SSSR count). The summed E-state index contributed by atoms with van der Waals surface area (Å²) in [7, 11) is 0. The van der Waals surface area contributed by atoms with E-state index in [9.17, 15) is 4.79 Å². The maximum atomic E-state index is 12.2. The number of hydrazone groups is 1. The monoisotopic (exact) mass is 320 g/mol. The molecule has 0 aliphatic heterocycles. The van der Waals surface area contributed by atoms with Crippen LogP contribution in [0.15, 0.2) is 59.7 Å². The fourth-order valence-electron chi connectivity index (χ4n) is 1.88. The van der Waals surface area contributed by atoms with Gasteiger partial charge in [-0.3, -0.25) is 15.6 Å². The maximum Gasteiger partial charge on any atom is 0.251 e. The molecule has 2 aromatic carbocycles. The molecule has 0 aromatic heterocycles. The van der Waals surface area contributed by atoms with E-state index in [0.29, 0.717) is 17.8 Å². The molecule has 7 nitrogen and oxygen atoms in total. The highest BCUT2D eigenvalue weighted by Crippen LogP contribution is 2.11. The normalized spacial score (nSPS) is 10.5. The second-order valence-electron chi connectivity index (χ2n) is 4.85. The van der Waals surface area contributed by atoms with Gasteiger partial charge in [0.15, 0.2) is 5.84 Å². The van der Waals surface area contributed by atoms with Gasteiger partial charge in [-0.25, -0.2) is 0 Å². The minimum absolute atomic E-state index is 0.224. The molecule has 0 fully saturated rings. The van der Waals surface area contributed by atoms with Crippen molar-refractivity contribution in [2.45, 2.75) is 6.54 Å². The largest absolute Gasteiger partial charge is 0.382 e. The lowest BCUT2D eigenvalue weighted by molar-refractivity contribution is 0.0951. The molecule has 0 saturated carbocycles. The molecule has 2 aromatic rings. The van der Waals surface area contributed by atoms with Crippen molar-refractivity contribution in [2.24, 2.45) is 10.8 Å². The number of nitriles is 1. The van der Waals surface area contributed by atoms with Gasteiger partial charge >= 0.3 is 0 Å². The van der Waals surface area contributed by atoms with E-state index in [-0.39, 0.29) is 11.6 Å². The molecule has 0 saturated heterocycles. The predicted octanol–water partition coefficient (Wildman–Crippen LogP) is 1.84. The van der Waals surface area contributed by atoms with E-state index in [1.165, 1.54) is 0 Å². The SMILES string of the molecule is N#C/C(=N\Nc1cccc(C(=O)NCc2ccccc2)c1)C(=N)N. The summed E-state index contributed by atoms with van der Waals surface area (Å²) < 4.78 is 0. The van der Waals surface area contributed by atoms with Crippen molar-refractivity contribution in [2.75, 3.05) is 5.43 Å². The minimum atomic E-state index is -0.429. The van der Waals surface area contributed by atoms with Crippen LogP contribution in [0, 0.1) is 16.7 Å². The first kappa shape index (κ1) is 16.7. The molecule has 1 amide bonds. The van der Waals surface area contributed by atoms with E-state index in [1.54, 1.807) is 30.3 Å². The fraction of sp³-hybridized carbons (Fsp3) is 0.0588.